The third-order valence-electron chi connectivity index (χ3n) is 1.98. The minimum Gasteiger partial charge on any atom is -0.316 e. The molecule has 0 aromatic carbocycles. The number of carbonyl (C=O) groups is 1. The van der Waals surface area contributed by atoms with Gasteiger partial charge in [0, 0.05) is 20.2 Å². The third-order valence-corrected chi connectivity index (χ3v) is 3.42. The average Bonchev–Trinajstić information content (AvgIpc) is 2.76. The number of imidazole rings is 1. The first kappa shape index (κ1) is 10.3. The molecule has 2 aromatic rings. The van der Waals surface area contributed by atoms with Gasteiger partial charge >= 0.3 is 0 Å². The van der Waals surface area contributed by atoms with E-state index in [-0.39, 0.29) is 5.78 Å². The van der Waals surface area contributed by atoms with Gasteiger partial charge in [0.25, 0.3) is 0 Å². The lowest BCUT2D eigenvalue weighted by Gasteiger charge is -1.96. The van der Waals surface area contributed by atoms with Crippen molar-refractivity contribution >= 4 is 28.7 Å². The second kappa shape index (κ2) is 3.75. The van der Waals surface area contributed by atoms with E-state index in [2.05, 4.69) is 9.97 Å². The molecule has 0 aliphatic heterocycles. The van der Waals surface area contributed by atoms with Gasteiger partial charge in [-0.2, -0.15) is 0 Å². The highest BCUT2D eigenvalue weighted by Gasteiger charge is 2.12. The molecule has 2 heterocycles. The quantitative estimate of drug-likeness (QED) is 0.759. The fourth-order valence-corrected chi connectivity index (χ4v) is 2.10. The zero-order valence-corrected chi connectivity index (χ0v) is 9.76. The Morgan fingerprint density at radius 2 is 2.20 bits per heavy atom. The van der Waals surface area contributed by atoms with E-state index in [4.69, 9.17) is 11.6 Å². The molecular formula is C9H8ClN3OS. The number of nitrogens with zero attached hydrogens (tertiary/aromatic N) is 3. The van der Waals surface area contributed by atoms with E-state index >= 15 is 0 Å². The van der Waals surface area contributed by atoms with Crippen LogP contribution in [0.3, 0.4) is 0 Å². The zero-order valence-electron chi connectivity index (χ0n) is 8.19. The van der Waals surface area contributed by atoms with E-state index < -0.39 is 0 Å². The van der Waals surface area contributed by atoms with E-state index in [0.29, 0.717) is 20.9 Å². The molecule has 0 bridgehead atoms. The minimum absolute atomic E-state index is 0.0130. The number of carbonyl (C=O) groups excluding carboxylic acids is 1. The molecule has 78 valence electrons. The number of halogens is 1. The van der Waals surface area contributed by atoms with Gasteiger partial charge in [-0.3, -0.25) is 4.79 Å². The summed E-state index contributed by atoms with van der Waals surface area (Å²) in [4.78, 5) is 20.0. The number of ketones is 1. The van der Waals surface area contributed by atoms with Gasteiger partial charge < -0.3 is 4.57 Å². The summed E-state index contributed by atoms with van der Waals surface area (Å²) in [7, 11) is 1.81. The van der Waals surface area contributed by atoms with Gasteiger partial charge in [0.05, 0.1) is 11.1 Å². The lowest BCUT2D eigenvalue weighted by atomic mass is 10.4. The summed E-state index contributed by atoms with van der Waals surface area (Å²) in [6, 6.07) is 0. The van der Waals surface area contributed by atoms with Crippen molar-refractivity contribution < 1.29 is 4.79 Å². The summed E-state index contributed by atoms with van der Waals surface area (Å²) in [5.41, 5.74) is 0. The van der Waals surface area contributed by atoms with Crippen molar-refractivity contribution in [1.82, 2.24) is 14.5 Å². The zero-order chi connectivity index (χ0) is 11.0. The Balaban J connectivity index is 2.46. The molecule has 15 heavy (non-hydrogen) atoms. The summed E-state index contributed by atoms with van der Waals surface area (Å²) >= 11 is 7.18. The van der Waals surface area contributed by atoms with Crippen LogP contribution >= 0.6 is 22.9 Å². The smallest absolute Gasteiger partial charge is 0.171 e. The Morgan fingerprint density at radius 3 is 2.67 bits per heavy atom. The second-order valence-electron chi connectivity index (χ2n) is 3.05. The lowest BCUT2D eigenvalue weighted by molar-refractivity contribution is 0.102. The van der Waals surface area contributed by atoms with Gasteiger partial charge in [0.2, 0.25) is 0 Å². The van der Waals surface area contributed by atoms with Crippen LogP contribution in [-0.2, 0) is 7.05 Å². The van der Waals surface area contributed by atoms with Crippen LogP contribution in [-0.4, -0.2) is 20.3 Å². The van der Waals surface area contributed by atoms with Crippen molar-refractivity contribution in [2.75, 3.05) is 0 Å². The van der Waals surface area contributed by atoms with Crippen LogP contribution in [0.1, 0.15) is 16.6 Å². The second-order valence-corrected chi connectivity index (χ2v) is 4.47. The van der Waals surface area contributed by atoms with Crippen molar-refractivity contribution in [2.24, 2.45) is 7.05 Å². The van der Waals surface area contributed by atoms with E-state index in [1.165, 1.54) is 18.3 Å². The number of thiazole rings is 1. The number of Topliss-reactive ketones (excluding diaryl/α,β-unsaturated/α-hetero) is 1. The van der Waals surface area contributed by atoms with E-state index in [9.17, 15) is 4.79 Å². The van der Waals surface area contributed by atoms with Gasteiger partial charge in [-0.05, 0) is 0 Å². The number of aromatic nitrogens is 3. The van der Waals surface area contributed by atoms with Crippen LogP contribution < -0.4 is 0 Å². The predicted molar refractivity (Wildman–Crippen MR) is 59.3 cm³/mol. The predicted octanol–water partition coefficient (Wildman–Crippen LogP) is 2.40. The van der Waals surface area contributed by atoms with E-state index in [0.717, 1.165) is 0 Å². The van der Waals surface area contributed by atoms with Crippen LogP contribution in [0.15, 0.2) is 12.4 Å². The van der Waals surface area contributed by atoms with Crippen molar-refractivity contribution in [3.8, 4) is 10.8 Å². The molecule has 0 unspecified atom stereocenters. The topological polar surface area (TPSA) is 47.8 Å². The fraction of sp³-hybridized carbons (Fsp3) is 0.222. The molecule has 0 spiro atoms. The maximum Gasteiger partial charge on any atom is 0.171 e. The van der Waals surface area contributed by atoms with Crippen LogP contribution in [0.2, 0.25) is 5.15 Å². The van der Waals surface area contributed by atoms with Gasteiger partial charge in [-0.25, -0.2) is 9.97 Å². The Morgan fingerprint density at radius 1 is 1.47 bits per heavy atom. The molecule has 0 atom stereocenters. The molecule has 2 aromatic heterocycles. The molecule has 6 heteroatoms. The minimum atomic E-state index is 0.0130. The number of hydrogen-bond donors (Lipinski definition) is 0. The normalized spacial score (nSPS) is 10.6. The molecule has 0 aliphatic carbocycles. The monoisotopic (exact) mass is 241 g/mol. The van der Waals surface area contributed by atoms with Crippen molar-refractivity contribution in [3.63, 3.8) is 0 Å². The maximum absolute atomic E-state index is 11.1. The summed E-state index contributed by atoms with van der Waals surface area (Å²) in [5.74, 6) is 0.691. The highest BCUT2D eigenvalue weighted by Crippen LogP contribution is 2.25. The SMILES string of the molecule is CC(=O)c1cnc(-c2ncc(Cl)n2C)s1. The van der Waals surface area contributed by atoms with Crippen LogP contribution in [0.5, 0.6) is 0 Å². The van der Waals surface area contributed by atoms with Crippen molar-refractivity contribution in [3.05, 3.63) is 22.4 Å². The molecule has 0 amide bonds. The molecule has 0 saturated heterocycles. The summed E-state index contributed by atoms with van der Waals surface area (Å²) in [6.45, 7) is 1.52. The molecular weight excluding hydrogens is 234 g/mol. The molecule has 0 saturated carbocycles. The first-order valence-electron chi connectivity index (χ1n) is 4.24. The van der Waals surface area contributed by atoms with Gasteiger partial charge in [0.1, 0.15) is 5.15 Å². The Labute approximate surface area is 95.5 Å². The lowest BCUT2D eigenvalue weighted by Crippen LogP contribution is -1.91. The molecule has 0 aliphatic rings. The summed E-state index contributed by atoms with van der Waals surface area (Å²) in [6.07, 6.45) is 3.12. The first-order valence-corrected chi connectivity index (χ1v) is 5.43. The van der Waals surface area contributed by atoms with E-state index in [1.807, 2.05) is 0 Å². The third kappa shape index (κ3) is 1.80. The highest BCUT2D eigenvalue weighted by molar-refractivity contribution is 7.16. The number of rotatable bonds is 2. The molecule has 2 rings (SSSR count). The molecule has 0 radical (unpaired) electrons. The summed E-state index contributed by atoms with van der Waals surface area (Å²) in [5, 5.41) is 1.25. The maximum atomic E-state index is 11.1. The Kier molecular flexibility index (Phi) is 2.58. The Bertz CT molecular complexity index is 517. The van der Waals surface area contributed by atoms with Crippen LogP contribution in [0.4, 0.5) is 0 Å². The average molecular weight is 242 g/mol. The largest absolute Gasteiger partial charge is 0.316 e. The summed E-state index contributed by atoms with van der Waals surface area (Å²) < 4.78 is 1.73. The Hall–Kier alpha value is -1.20. The highest BCUT2D eigenvalue weighted by atomic mass is 35.5. The standard InChI is InChI=1S/C9H8ClN3OS/c1-5(14)6-3-12-9(15-6)8-11-4-7(10)13(8)2/h3-4H,1-2H3. The first-order chi connectivity index (χ1) is 7.09. The van der Waals surface area contributed by atoms with Crippen molar-refractivity contribution in [1.29, 1.82) is 0 Å². The molecule has 0 fully saturated rings. The van der Waals surface area contributed by atoms with Gasteiger partial charge in [-0.15, -0.1) is 11.3 Å². The fourth-order valence-electron chi connectivity index (χ4n) is 1.13. The molecule has 0 N–H and O–H groups in total. The van der Waals surface area contributed by atoms with Crippen LogP contribution in [0.25, 0.3) is 10.8 Å². The van der Waals surface area contributed by atoms with Gasteiger partial charge in [-0.1, -0.05) is 11.6 Å². The van der Waals surface area contributed by atoms with Crippen molar-refractivity contribution in [2.45, 2.75) is 6.92 Å². The van der Waals surface area contributed by atoms with E-state index in [1.54, 1.807) is 24.0 Å². The number of hydrogen-bond acceptors (Lipinski definition) is 4. The van der Waals surface area contributed by atoms with Crippen LogP contribution in [0, 0.1) is 0 Å². The van der Waals surface area contributed by atoms with Gasteiger partial charge in [0.15, 0.2) is 16.6 Å². The molecule has 4 nitrogen and oxygen atoms in total.